The molecule has 0 aliphatic carbocycles. The molecule has 0 radical (unpaired) electrons. The number of aromatic amines is 1. The Morgan fingerprint density at radius 1 is 1.26 bits per heavy atom. The van der Waals surface area contributed by atoms with Gasteiger partial charge in [-0.05, 0) is 64.2 Å². The third-order valence-corrected chi connectivity index (χ3v) is 4.18. The van der Waals surface area contributed by atoms with Crippen LogP contribution < -0.4 is 10.6 Å². The standard InChI is InChI=1S/C17H23N5O/c1-12-11-16(21-20-12)19-17(23)13-3-5-14(6-4-13)18-15-7-9-22(2)10-8-15/h3-6,11,15,18H,7-10H2,1-2H3,(H2,19,20,21,23). The predicted octanol–water partition coefficient (Wildman–Crippen LogP) is 2.48. The summed E-state index contributed by atoms with van der Waals surface area (Å²) in [5.41, 5.74) is 2.60. The molecule has 1 fully saturated rings. The SMILES string of the molecule is Cc1cc(NC(=O)c2ccc(NC3CCN(C)CC3)cc2)n[nH]1. The van der Waals surface area contributed by atoms with Crippen LogP contribution in [0.4, 0.5) is 11.5 Å². The zero-order valence-electron chi connectivity index (χ0n) is 13.6. The number of nitrogens with one attached hydrogen (secondary N) is 3. The summed E-state index contributed by atoms with van der Waals surface area (Å²) in [7, 11) is 2.16. The minimum atomic E-state index is -0.151. The van der Waals surface area contributed by atoms with E-state index in [1.54, 1.807) is 6.07 Å². The lowest BCUT2D eigenvalue weighted by atomic mass is 10.0. The lowest BCUT2D eigenvalue weighted by molar-refractivity contribution is 0.102. The van der Waals surface area contributed by atoms with Gasteiger partial charge in [0.25, 0.3) is 5.91 Å². The van der Waals surface area contributed by atoms with E-state index < -0.39 is 0 Å². The number of aromatic nitrogens is 2. The molecule has 0 spiro atoms. The molecule has 0 atom stereocenters. The second-order valence-corrected chi connectivity index (χ2v) is 6.19. The van der Waals surface area contributed by atoms with Crippen LogP contribution in [0.25, 0.3) is 0 Å². The maximum Gasteiger partial charge on any atom is 0.256 e. The lowest BCUT2D eigenvalue weighted by Crippen LogP contribution is -2.36. The molecule has 1 aliphatic rings. The van der Waals surface area contributed by atoms with Crippen molar-refractivity contribution in [2.24, 2.45) is 0 Å². The minimum Gasteiger partial charge on any atom is -0.382 e. The first-order chi connectivity index (χ1) is 11.1. The highest BCUT2D eigenvalue weighted by Gasteiger charge is 2.16. The highest BCUT2D eigenvalue weighted by atomic mass is 16.1. The number of rotatable bonds is 4. The number of hydrogen-bond donors (Lipinski definition) is 3. The molecule has 2 aromatic rings. The largest absolute Gasteiger partial charge is 0.382 e. The highest BCUT2D eigenvalue weighted by Crippen LogP contribution is 2.17. The maximum atomic E-state index is 12.2. The molecule has 0 saturated carbocycles. The number of carbonyl (C=O) groups is 1. The second-order valence-electron chi connectivity index (χ2n) is 6.19. The molecule has 1 amide bonds. The van der Waals surface area contributed by atoms with Gasteiger partial charge in [0, 0.05) is 29.1 Å². The zero-order valence-corrected chi connectivity index (χ0v) is 13.6. The number of H-pyrrole nitrogens is 1. The summed E-state index contributed by atoms with van der Waals surface area (Å²) in [5.74, 6) is 0.392. The number of anilines is 2. The molecule has 1 aliphatic heterocycles. The van der Waals surface area contributed by atoms with Gasteiger partial charge in [0.1, 0.15) is 0 Å². The van der Waals surface area contributed by atoms with Crippen molar-refractivity contribution in [2.75, 3.05) is 30.8 Å². The molecular weight excluding hydrogens is 290 g/mol. The van der Waals surface area contributed by atoms with E-state index in [1.165, 1.54) is 0 Å². The number of benzene rings is 1. The Bertz CT molecular complexity index is 656. The van der Waals surface area contributed by atoms with E-state index in [0.29, 0.717) is 17.4 Å². The van der Waals surface area contributed by atoms with Gasteiger partial charge in [-0.3, -0.25) is 9.89 Å². The average Bonchev–Trinajstić information content (AvgIpc) is 2.95. The first-order valence-corrected chi connectivity index (χ1v) is 7.98. The van der Waals surface area contributed by atoms with E-state index in [-0.39, 0.29) is 5.91 Å². The fraction of sp³-hybridized carbons (Fsp3) is 0.412. The topological polar surface area (TPSA) is 73.1 Å². The molecule has 23 heavy (non-hydrogen) atoms. The van der Waals surface area contributed by atoms with E-state index in [4.69, 9.17) is 0 Å². The minimum absolute atomic E-state index is 0.151. The summed E-state index contributed by atoms with van der Waals surface area (Å²) in [6.45, 7) is 4.15. The monoisotopic (exact) mass is 313 g/mol. The van der Waals surface area contributed by atoms with Gasteiger partial charge in [0.15, 0.2) is 5.82 Å². The van der Waals surface area contributed by atoms with Crippen LogP contribution in [0.15, 0.2) is 30.3 Å². The van der Waals surface area contributed by atoms with E-state index >= 15 is 0 Å². The second kappa shape index (κ2) is 6.83. The molecule has 6 nitrogen and oxygen atoms in total. The number of piperidine rings is 1. The Balaban J connectivity index is 1.57. The van der Waals surface area contributed by atoms with Crippen molar-refractivity contribution in [2.45, 2.75) is 25.8 Å². The predicted molar refractivity (Wildman–Crippen MR) is 91.9 cm³/mol. The quantitative estimate of drug-likeness (QED) is 0.811. The van der Waals surface area contributed by atoms with E-state index in [0.717, 1.165) is 37.3 Å². The maximum absolute atomic E-state index is 12.2. The van der Waals surface area contributed by atoms with Crippen LogP contribution in [0, 0.1) is 6.92 Å². The van der Waals surface area contributed by atoms with Crippen molar-refractivity contribution in [3.8, 4) is 0 Å². The normalized spacial score (nSPS) is 16.3. The van der Waals surface area contributed by atoms with Gasteiger partial charge in [-0.1, -0.05) is 0 Å². The van der Waals surface area contributed by atoms with Gasteiger partial charge in [-0.2, -0.15) is 5.10 Å². The zero-order chi connectivity index (χ0) is 16.2. The Morgan fingerprint density at radius 2 is 1.96 bits per heavy atom. The molecule has 3 rings (SSSR count). The van der Waals surface area contributed by atoms with Crippen LogP contribution in [0.2, 0.25) is 0 Å². The molecule has 6 heteroatoms. The van der Waals surface area contributed by atoms with Crippen molar-refractivity contribution >= 4 is 17.4 Å². The lowest BCUT2D eigenvalue weighted by Gasteiger charge is -2.30. The molecule has 0 bridgehead atoms. The van der Waals surface area contributed by atoms with Crippen molar-refractivity contribution in [1.29, 1.82) is 0 Å². The van der Waals surface area contributed by atoms with Crippen LogP contribution >= 0.6 is 0 Å². The van der Waals surface area contributed by atoms with Gasteiger partial charge in [-0.15, -0.1) is 0 Å². The van der Waals surface area contributed by atoms with E-state index in [1.807, 2.05) is 31.2 Å². The smallest absolute Gasteiger partial charge is 0.256 e. The summed E-state index contributed by atoms with van der Waals surface area (Å²) in [4.78, 5) is 14.5. The number of nitrogens with zero attached hydrogens (tertiary/aromatic N) is 2. The van der Waals surface area contributed by atoms with Gasteiger partial charge >= 0.3 is 0 Å². The fourth-order valence-electron chi connectivity index (χ4n) is 2.78. The van der Waals surface area contributed by atoms with Gasteiger partial charge in [0.2, 0.25) is 0 Å². The number of hydrogen-bond acceptors (Lipinski definition) is 4. The number of likely N-dealkylation sites (tertiary alicyclic amines) is 1. The molecule has 3 N–H and O–H groups in total. The third-order valence-electron chi connectivity index (χ3n) is 4.18. The highest BCUT2D eigenvalue weighted by molar-refractivity contribution is 6.03. The number of amides is 1. The number of aryl methyl sites for hydroxylation is 1. The van der Waals surface area contributed by atoms with Gasteiger partial charge in [0.05, 0.1) is 0 Å². The Kier molecular flexibility index (Phi) is 4.62. The summed E-state index contributed by atoms with van der Waals surface area (Å²) < 4.78 is 0. The summed E-state index contributed by atoms with van der Waals surface area (Å²) in [6, 6.07) is 9.91. The van der Waals surface area contributed by atoms with Crippen molar-refractivity contribution in [3.05, 3.63) is 41.6 Å². The molecule has 2 heterocycles. The van der Waals surface area contributed by atoms with Crippen molar-refractivity contribution < 1.29 is 4.79 Å². The fourth-order valence-corrected chi connectivity index (χ4v) is 2.78. The first kappa shape index (κ1) is 15.6. The first-order valence-electron chi connectivity index (χ1n) is 7.98. The van der Waals surface area contributed by atoms with Gasteiger partial charge < -0.3 is 15.5 Å². The van der Waals surface area contributed by atoms with E-state index in [9.17, 15) is 4.79 Å². The average molecular weight is 313 g/mol. The van der Waals surface area contributed by atoms with Gasteiger partial charge in [-0.25, -0.2) is 0 Å². The summed E-state index contributed by atoms with van der Waals surface area (Å²) in [6.07, 6.45) is 2.30. The third kappa shape index (κ3) is 4.10. The number of carbonyl (C=O) groups excluding carboxylic acids is 1. The molecule has 1 aromatic carbocycles. The molecule has 1 aromatic heterocycles. The van der Waals surface area contributed by atoms with Crippen LogP contribution in [0.1, 0.15) is 28.9 Å². The van der Waals surface area contributed by atoms with Crippen LogP contribution in [0.5, 0.6) is 0 Å². The summed E-state index contributed by atoms with van der Waals surface area (Å²) in [5, 5.41) is 13.1. The Hall–Kier alpha value is -2.34. The van der Waals surface area contributed by atoms with Crippen molar-refractivity contribution in [3.63, 3.8) is 0 Å². The Morgan fingerprint density at radius 3 is 2.57 bits per heavy atom. The van der Waals surface area contributed by atoms with Crippen molar-refractivity contribution in [1.82, 2.24) is 15.1 Å². The van der Waals surface area contributed by atoms with Crippen LogP contribution in [-0.2, 0) is 0 Å². The van der Waals surface area contributed by atoms with Crippen LogP contribution in [-0.4, -0.2) is 47.2 Å². The summed E-state index contributed by atoms with van der Waals surface area (Å²) >= 11 is 0. The molecule has 0 unspecified atom stereocenters. The van der Waals surface area contributed by atoms with E-state index in [2.05, 4.69) is 32.8 Å². The van der Waals surface area contributed by atoms with Crippen LogP contribution in [0.3, 0.4) is 0 Å². The molecular formula is C17H23N5O. The molecule has 122 valence electrons. The Labute approximate surface area is 136 Å². The molecule has 1 saturated heterocycles.